The second-order valence-corrected chi connectivity index (χ2v) is 9.28. The molecule has 0 amide bonds. The number of hydrogen-bond acceptors (Lipinski definition) is 6. The van der Waals surface area contributed by atoms with Crippen LogP contribution in [0.2, 0.25) is 5.02 Å². The molecule has 184 valence electrons. The van der Waals surface area contributed by atoms with E-state index in [-0.39, 0.29) is 0 Å². The molecule has 0 fully saturated rings. The second-order valence-electron chi connectivity index (χ2n) is 8.09. The van der Waals surface area contributed by atoms with Crippen molar-refractivity contribution in [3.63, 3.8) is 0 Å². The largest absolute Gasteiger partial charge is 0.410 e. The molecule has 4 aromatic rings. The smallest absolute Gasteiger partial charge is 0.240 e. The molecule has 1 N–H and O–H groups in total. The van der Waals surface area contributed by atoms with Gasteiger partial charge in [-0.3, -0.25) is 0 Å². The molecule has 7 nitrogen and oxygen atoms in total. The van der Waals surface area contributed by atoms with Crippen molar-refractivity contribution in [2.45, 2.75) is 19.3 Å². The Labute approximate surface area is 215 Å². The Morgan fingerprint density at radius 3 is 1.89 bits per heavy atom. The number of nitrogens with zero attached hydrogens (tertiary/aromatic N) is 2. The molecule has 1 aromatic heterocycles. The molecule has 1 aliphatic rings. The van der Waals surface area contributed by atoms with E-state index < -0.39 is 10.2 Å². The van der Waals surface area contributed by atoms with Crippen molar-refractivity contribution in [2.24, 2.45) is 5.16 Å². The van der Waals surface area contributed by atoms with Crippen LogP contribution in [0.4, 0.5) is 0 Å². The summed E-state index contributed by atoms with van der Waals surface area (Å²) in [4.78, 5) is 0. The lowest BCUT2D eigenvalue weighted by atomic mass is 9.86. The zero-order valence-corrected chi connectivity index (χ0v) is 20.5. The van der Waals surface area contributed by atoms with Gasteiger partial charge in [-0.15, -0.1) is 10.2 Å². The second kappa shape index (κ2) is 11.2. The molecule has 0 bridgehead atoms. The third kappa shape index (κ3) is 6.09. The Morgan fingerprint density at radius 1 is 0.778 bits per heavy atom. The van der Waals surface area contributed by atoms with Gasteiger partial charge in [0.25, 0.3) is 0 Å². The van der Waals surface area contributed by atoms with Crippen LogP contribution in [-0.4, -0.2) is 10.9 Å². The highest BCUT2D eigenvalue weighted by molar-refractivity contribution is 6.30. The highest BCUT2D eigenvalue weighted by Crippen LogP contribution is 2.34. The highest BCUT2D eigenvalue weighted by Gasteiger charge is 2.34. The summed E-state index contributed by atoms with van der Waals surface area (Å²) < 4.78 is 36.2. The molecule has 1 heterocycles. The van der Waals surface area contributed by atoms with E-state index in [1.54, 1.807) is 0 Å². The van der Waals surface area contributed by atoms with E-state index in [1.807, 2.05) is 48.5 Å². The van der Waals surface area contributed by atoms with Crippen molar-refractivity contribution in [2.75, 3.05) is 0 Å². The number of benzene rings is 3. The van der Waals surface area contributed by atoms with E-state index in [0.29, 0.717) is 10.7 Å². The molecule has 3 aromatic carbocycles. The standard InChI is InChI=1S/C27H21ClN2O.ClHO4/c28-21-14-16-22(17-15-21)30-26(20-10-5-2-6-11-20)18-24(19-8-3-1-4-9-19)23-12-7-13-25(29-31)27(23)30;2-1(3,4)5/h1-6,8-11,14-18H,7,12-13H2;(H,2,3,4,5). The third-order valence-electron chi connectivity index (χ3n) is 5.83. The van der Waals surface area contributed by atoms with Crippen molar-refractivity contribution < 1.29 is 38.7 Å². The highest BCUT2D eigenvalue weighted by atomic mass is 35.7. The van der Waals surface area contributed by atoms with E-state index >= 15 is 0 Å². The van der Waals surface area contributed by atoms with Gasteiger partial charge in [0.1, 0.15) is 0 Å². The molecule has 1 aliphatic carbocycles. The van der Waals surface area contributed by atoms with Crippen molar-refractivity contribution in [1.29, 1.82) is 0 Å². The van der Waals surface area contributed by atoms with Gasteiger partial charge in [0.15, 0.2) is 5.71 Å². The number of aromatic nitrogens is 1. The lowest BCUT2D eigenvalue weighted by Gasteiger charge is -2.21. The predicted molar refractivity (Wildman–Crippen MR) is 125 cm³/mol. The number of fused-ring (bicyclic) bond motifs is 1. The van der Waals surface area contributed by atoms with E-state index in [9.17, 15) is 5.21 Å². The van der Waals surface area contributed by atoms with Gasteiger partial charge >= 0.3 is 0 Å². The monoisotopic (exact) mass is 524 g/mol. The van der Waals surface area contributed by atoms with Gasteiger partial charge in [-0.1, -0.05) is 65.3 Å². The summed E-state index contributed by atoms with van der Waals surface area (Å²) in [5, 5.41) is 14.4. The number of hydrogen-bond donors (Lipinski definition) is 1. The summed E-state index contributed by atoms with van der Waals surface area (Å²) in [6.45, 7) is 0. The molecule has 0 saturated carbocycles. The Morgan fingerprint density at radius 2 is 1.33 bits per heavy atom. The van der Waals surface area contributed by atoms with Crippen LogP contribution < -0.4 is 23.2 Å². The Bertz CT molecular complexity index is 1350. The molecular weight excluding hydrogens is 503 g/mol. The maximum atomic E-state index is 9.93. The van der Waals surface area contributed by atoms with Crippen molar-refractivity contribution in [1.82, 2.24) is 0 Å². The lowest BCUT2D eigenvalue weighted by molar-refractivity contribution is -2.00. The van der Waals surface area contributed by atoms with E-state index in [1.165, 1.54) is 16.7 Å². The predicted octanol–water partition coefficient (Wildman–Crippen LogP) is 1.71. The van der Waals surface area contributed by atoms with Crippen LogP contribution in [-0.2, 0) is 6.42 Å². The molecule has 0 spiro atoms. The van der Waals surface area contributed by atoms with Crippen molar-refractivity contribution in [3.05, 3.63) is 107 Å². The average molecular weight is 525 g/mol. The Kier molecular flexibility index (Phi) is 8.01. The Hall–Kier alpha value is -3.30. The first kappa shape index (κ1) is 25.8. The van der Waals surface area contributed by atoms with E-state index in [0.717, 1.165) is 41.9 Å². The maximum Gasteiger partial charge on any atom is 0.240 e. The molecule has 0 unspecified atom stereocenters. The summed E-state index contributed by atoms with van der Waals surface area (Å²) in [5.41, 5.74) is 8.37. The number of rotatable bonds is 3. The van der Waals surface area contributed by atoms with Crippen LogP contribution in [0.25, 0.3) is 28.1 Å². The molecule has 5 rings (SSSR count). The number of halogens is 2. The molecule has 0 radical (unpaired) electrons. The van der Waals surface area contributed by atoms with Gasteiger partial charge in [0, 0.05) is 40.8 Å². The molecule has 0 aliphatic heterocycles. The Balaban J connectivity index is 0.000000556. The summed E-state index contributed by atoms with van der Waals surface area (Å²) in [6, 6.07) is 30.9. The topological polar surface area (TPSA) is 129 Å². The minimum Gasteiger partial charge on any atom is -0.410 e. The summed E-state index contributed by atoms with van der Waals surface area (Å²) in [5.74, 6) is 0. The lowest BCUT2D eigenvalue weighted by Crippen LogP contribution is -2.68. The number of pyridine rings is 1. The SMILES string of the molecule is O/N=C1\CCCc2c(-c3ccccc3)cc(-c3ccccc3)[n+](-c3ccc(Cl)cc3)c21.[O-][Cl+3]([O-])([O-])[O-]. The van der Waals surface area contributed by atoms with Gasteiger partial charge < -0.3 is 5.21 Å². The quantitative estimate of drug-likeness (QED) is 0.247. The fourth-order valence-corrected chi connectivity index (χ4v) is 4.56. The summed E-state index contributed by atoms with van der Waals surface area (Å²) in [6.07, 6.45) is 2.63. The molecule has 9 heteroatoms. The van der Waals surface area contributed by atoms with Crippen molar-refractivity contribution in [3.8, 4) is 28.1 Å². The molecule has 0 atom stereocenters. The average Bonchev–Trinajstić information content (AvgIpc) is 2.88. The van der Waals surface area contributed by atoms with Gasteiger partial charge in [-0.2, -0.15) is 4.57 Å². The molecule has 36 heavy (non-hydrogen) atoms. The van der Waals surface area contributed by atoms with Crippen LogP contribution >= 0.6 is 11.6 Å². The minimum atomic E-state index is -4.94. The van der Waals surface area contributed by atoms with E-state index in [2.05, 4.69) is 52.2 Å². The third-order valence-corrected chi connectivity index (χ3v) is 6.08. The summed E-state index contributed by atoms with van der Waals surface area (Å²) in [7, 11) is -4.94. The van der Waals surface area contributed by atoms with Gasteiger partial charge in [0.2, 0.25) is 17.1 Å². The van der Waals surface area contributed by atoms with Crippen LogP contribution in [0.1, 0.15) is 24.1 Å². The van der Waals surface area contributed by atoms with Crippen LogP contribution in [0, 0.1) is 10.2 Å². The molecule has 0 saturated heterocycles. The first-order valence-electron chi connectivity index (χ1n) is 11.1. The fraction of sp³-hybridized carbons (Fsp3) is 0.111. The zero-order valence-electron chi connectivity index (χ0n) is 19.0. The maximum absolute atomic E-state index is 9.93. The normalized spacial score (nSPS) is 14.1. The number of oxime groups is 1. The van der Waals surface area contributed by atoms with Gasteiger partial charge in [-0.05, 0) is 48.2 Å². The zero-order chi connectivity index (χ0) is 25.7. The van der Waals surface area contributed by atoms with Gasteiger partial charge in [0.05, 0.1) is 0 Å². The van der Waals surface area contributed by atoms with Crippen LogP contribution in [0.15, 0.2) is 96.2 Å². The van der Waals surface area contributed by atoms with Crippen LogP contribution in [0.3, 0.4) is 0 Å². The van der Waals surface area contributed by atoms with Gasteiger partial charge in [-0.25, -0.2) is 18.6 Å². The summed E-state index contributed by atoms with van der Waals surface area (Å²) >= 11 is 6.19. The first-order valence-corrected chi connectivity index (χ1v) is 12.7. The van der Waals surface area contributed by atoms with E-state index in [4.69, 9.17) is 30.2 Å². The first-order chi connectivity index (χ1) is 17.3. The fourth-order valence-electron chi connectivity index (χ4n) is 4.43. The van der Waals surface area contributed by atoms with Crippen LogP contribution in [0.5, 0.6) is 0 Å². The molecular formula is C27H22Cl2N2O5. The van der Waals surface area contributed by atoms with Crippen molar-refractivity contribution >= 4 is 17.3 Å². The minimum absolute atomic E-state index is 0.691.